The summed E-state index contributed by atoms with van der Waals surface area (Å²) in [6.45, 7) is 0. The van der Waals surface area contributed by atoms with E-state index in [2.05, 4.69) is 14.8 Å². The second kappa shape index (κ2) is 5.59. The van der Waals surface area contributed by atoms with Crippen LogP contribution in [0.15, 0.2) is 36.5 Å². The minimum absolute atomic E-state index is 0.0548. The molecule has 4 nitrogen and oxygen atoms in total. The third-order valence-corrected chi connectivity index (χ3v) is 4.34. The molecule has 4 rings (SSSR count). The molecule has 1 saturated carbocycles. The van der Waals surface area contributed by atoms with E-state index >= 15 is 0 Å². The smallest absolute Gasteiger partial charge is 0.406 e. The molecule has 0 N–H and O–H groups in total. The Morgan fingerprint density at radius 2 is 1.88 bits per heavy atom. The average Bonchev–Trinajstić information content (AvgIpc) is 3.24. The third kappa shape index (κ3) is 3.13. The molecule has 0 amide bonds. The molecule has 0 aliphatic heterocycles. The number of imidazole rings is 1. The maximum atomic E-state index is 13.7. The molecule has 2 aromatic heterocycles. The quantitative estimate of drug-likeness (QED) is 0.627. The summed E-state index contributed by atoms with van der Waals surface area (Å²) in [7, 11) is 0. The van der Waals surface area contributed by atoms with Gasteiger partial charge in [-0.15, -0.1) is 13.2 Å². The van der Waals surface area contributed by atoms with Gasteiger partial charge in [0.05, 0.1) is 6.20 Å². The number of fused-ring (bicyclic) bond motifs is 1. The predicted octanol–water partition coefficient (Wildman–Crippen LogP) is 4.69. The van der Waals surface area contributed by atoms with E-state index in [0.717, 1.165) is 28.3 Å². The van der Waals surface area contributed by atoms with Crippen molar-refractivity contribution in [1.82, 2.24) is 14.6 Å². The van der Waals surface area contributed by atoms with Crippen molar-refractivity contribution in [3.8, 4) is 5.75 Å². The first-order valence-electron chi connectivity index (χ1n) is 7.37. The van der Waals surface area contributed by atoms with E-state index in [1.165, 1.54) is 12.1 Å². The van der Waals surface area contributed by atoms with Crippen molar-refractivity contribution in [2.75, 3.05) is 0 Å². The summed E-state index contributed by atoms with van der Waals surface area (Å²) in [6.07, 6.45) is -2.87. The summed E-state index contributed by atoms with van der Waals surface area (Å²) in [5.74, 6) is -0.719. The van der Waals surface area contributed by atoms with Crippen molar-refractivity contribution in [3.05, 3.63) is 58.8 Å². The molecule has 9 heteroatoms. The van der Waals surface area contributed by atoms with Gasteiger partial charge in [-0.3, -0.25) is 0 Å². The minimum atomic E-state index is -4.71. The van der Waals surface area contributed by atoms with Crippen LogP contribution in [0.1, 0.15) is 29.4 Å². The van der Waals surface area contributed by atoms with E-state index in [4.69, 9.17) is 11.6 Å². The topological polar surface area (TPSA) is 39.4 Å². The van der Waals surface area contributed by atoms with Crippen LogP contribution < -0.4 is 4.74 Å². The number of ether oxygens (including phenoxy) is 1. The van der Waals surface area contributed by atoms with Crippen molar-refractivity contribution in [3.63, 3.8) is 0 Å². The molecular formula is C16H10ClF4N3O. The number of aromatic nitrogens is 3. The lowest BCUT2D eigenvalue weighted by Gasteiger charge is -2.09. The van der Waals surface area contributed by atoms with E-state index in [-0.39, 0.29) is 22.7 Å². The molecular weight excluding hydrogens is 362 g/mol. The molecule has 2 atom stereocenters. The van der Waals surface area contributed by atoms with E-state index in [0.29, 0.717) is 5.65 Å². The van der Waals surface area contributed by atoms with Gasteiger partial charge in [0.2, 0.25) is 5.95 Å². The molecule has 3 aromatic rings. The summed E-state index contributed by atoms with van der Waals surface area (Å²) in [5.41, 5.74) is 2.04. The van der Waals surface area contributed by atoms with Crippen LogP contribution in [0.25, 0.3) is 5.65 Å². The summed E-state index contributed by atoms with van der Waals surface area (Å²) < 4.78 is 55.2. The molecule has 0 spiro atoms. The Balaban J connectivity index is 1.58. The molecule has 1 aliphatic carbocycles. The lowest BCUT2D eigenvalue weighted by atomic mass is 10.1. The Bertz CT molecular complexity index is 939. The third-order valence-electron chi connectivity index (χ3n) is 4.16. The van der Waals surface area contributed by atoms with Crippen LogP contribution in [0.4, 0.5) is 17.6 Å². The first kappa shape index (κ1) is 16.1. The fourth-order valence-corrected chi connectivity index (χ4v) is 3.22. The van der Waals surface area contributed by atoms with Crippen molar-refractivity contribution >= 4 is 17.2 Å². The van der Waals surface area contributed by atoms with Crippen molar-refractivity contribution in [2.45, 2.75) is 24.6 Å². The number of hydrogen-bond acceptors (Lipinski definition) is 3. The van der Waals surface area contributed by atoms with E-state index in [9.17, 15) is 17.6 Å². The zero-order valence-corrected chi connectivity index (χ0v) is 13.2. The average molecular weight is 372 g/mol. The van der Waals surface area contributed by atoms with Gasteiger partial charge in [-0.1, -0.05) is 23.7 Å². The number of halogens is 5. The zero-order valence-electron chi connectivity index (χ0n) is 12.5. The van der Waals surface area contributed by atoms with Crippen molar-refractivity contribution in [1.29, 1.82) is 0 Å². The Morgan fingerprint density at radius 3 is 2.56 bits per heavy atom. The maximum absolute atomic E-state index is 13.7. The molecule has 130 valence electrons. The number of benzene rings is 1. The van der Waals surface area contributed by atoms with Crippen LogP contribution in [0.3, 0.4) is 0 Å². The molecule has 25 heavy (non-hydrogen) atoms. The molecule has 0 bridgehead atoms. The molecule has 1 aliphatic rings. The summed E-state index contributed by atoms with van der Waals surface area (Å²) in [6, 6.07) is 7.40. The van der Waals surface area contributed by atoms with Crippen LogP contribution in [0.5, 0.6) is 5.75 Å². The van der Waals surface area contributed by atoms with Crippen molar-refractivity contribution in [2.24, 2.45) is 0 Å². The molecule has 2 heterocycles. The van der Waals surface area contributed by atoms with Gasteiger partial charge in [0, 0.05) is 5.56 Å². The van der Waals surface area contributed by atoms with Gasteiger partial charge < -0.3 is 4.74 Å². The standard InChI is InChI=1S/C16H10ClF4N3O/c17-13-6-12(15-22-7-14(18)24(15)23-13)11-5-10(11)8-1-3-9(4-2-8)25-16(19,20)21/h1-4,6-7,10-11H,5H2/t10-,11+/m1/s1. The van der Waals surface area contributed by atoms with Gasteiger partial charge >= 0.3 is 6.36 Å². The fourth-order valence-electron chi connectivity index (χ4n) is 3.03. The maximum Gasteiger partial charge on any atom is 0.573 e. The zero-order chi connectivity index (χ0) is 17.8. The highest BCUT2D eigenvalue weighted by molar-refractivity contribution is 6.29. The van der Waals surface area contributed by atoms with Crippen LogP contribution in [0, 0.1) is 5.95 Å². The molecule has 1 fully saturated rings. The number of hydrogen-bond donors (Lipinski definition) is 0. The second-order valence-corrected chi connectivity index (χ2v) is 6.19. The number of nitrogens with zero attached hydrogens (tertiary/aromatic N) is 3. The van der Waals surface area contributed by atoms with Crippen LogP contribution >= 0.6 is 11.6 Å². The lowest BCUT2D eigenvalue weighted by Crippen LogP contribution is -2.16. The predicted molar refractivity (Wildman–Crippen MR) is 81.2 cm³/mol. The summed E-state index contributed by atoms with van der Waals surface area (Å²) in [5, 5.41) is 4.02. The summed E-state index contributed by atoms with van der Waals surface area (Å²) in [4.78, 5) is 4.02. The first-order valence-corrected chi connectivity index (χ1v) is 7.75. The molecule has 1 aromatic carbocycles. The number of alkyl halides is 3. The van der Waals surface area contributed by atoms with Crippen molar-refractivity contribution < 1.29 is 22.3 Å². The van der Waals surface area contributed by atoms with Gasteiger partial charge in [-0.25, -0.2) is 4.98 Å². The highest BCUT2D eigenvalue weighted by atomic mass is 35.5. The largest absolute Gasteiger partial charge is 0.573 e. The molecule has 0 unspecified atom stereocenters. The fraction of sp³-hybridized carbons (Fsp3) is 0.250. The lowest BCUT2D eigenvalue weighted by molar-refractivity contribution is -0.274. The monoisotopic (exact) mass is 371 g/mol. The minimum Gasteiger partial charge on any atom is -0.406 e. The summed E-state index contributed by atoms with van der Waals surface area (Å²) >= 11 is 5.95. The van der Waals surface area contributed by atoms with Gasteiger partial charge in [-0.2, -0.15) is 14.0 Å². The van der Waals surface area contributed by atoms with Gasteiger partial charge in [-0.05, 0) is 42.0 Å². The first-order chi connectivity index (χ1) is 11.8. The van der Waals surface area contributed by atoms with E-state index in [1.807, 2.05) is 0 Å². The highest BCUT2D eigenvalue weighted by Gasteiger charge is 2.41. The van der Waals surface area contributed by atoms with Gasteiger partial charge in [0.25, 0.3) is 0 Å². The Labute approximate surface area is 144 Å². The van der Waals surface area contributed by atoms with E-state index in [1.54, 1.807) is 18.2 Å². The normalized spacial score (nSPS) is 20.0. The highest BCUT2D eigenvalue weighted by Crippen LogP contribution is 2.55. The Hall–Kier alpha value is -2.35. The Kier molecular flexibility index (Phi) is 3.61. The van der Waals surface area contributed by atoms with Crippen LogP contribution in [0.2, 0.25) is 5.15 Å². The SMILES string of the molecule is Fc1cnc2c([C@H]3C[C@@H]3c3ccc(OC(F)(F)F)cc3)cc(Cl)nn12. The van der Waals surface area contributed by atoms with Crippen LogP contribution in [-0.2, 0) is 0 Å². The van der Waals surface area contributed by atoms with E-state index < -0.39 is 12.3 Å². The van der Waals surface area contributed by atoms with Gasteiger partial charge in [0.1, 0.15) is 5.75 Å². The molecule has 0 radical (unpaired) electrons. The van der Waals surface area contributed by atoms with Crippen LogP contribution in [-0.4, -0.2) is 21.0 Å². The second-order valence-electron chi connectivity index (χ2n) is 5.80. The number of rotatable bonds is 3. The Morgan fingerprint density at radius 1 is 1.16 bits per heavy atom. The van der Waals surface area contributed by atoms with Gasteiger partial charge in [0.15, 0.2) is 10.8 Å². The molecule has 0 saturated heterocycles.